The van der Waals surface area contributed by atoms with Crippen LogP contribution in [-0.4, -0.2) is 46.4 Å². The number of carbonyl (C=O) groups is 3. The third-order valence-corrected chi connectivity index (χ3v) is 1.46. The highest BCUT2D eigenvalue weighted by molar-refractivity contribution is 6.00. The Labute approximate surface area is 100 Å². The van der Waals surface area contributed by atoms with Crippen molar-refractivity contribution in [2.45, 2.75) is 6.92 Å². The zero-order valence-corrected chi connectivity index (χ0v) is 9.30. The Morgan fingerprint density at radius 3 is 2.67 bits per heavy atom. The summed E-state index contributed by atoms with van der Waals surface area (Å²) in [5.41, 5.74) is 0. The average molecular weight is 258 g/mol. The Morgan fingerprint density at radius 2 is 2.11 bits per heavy atom. The summed E-state index contributed by atoms with van der Waals surface area (Å²) in [4.78, 5) is 36.0. The van der Waals surface area contributed by atoms with Gasteiger partial charge in [0.15, 0.2) is 5.82 Å². The number of aliphatic carboxylic acids is 1. The molecule has 18 heavy (non-hydrogen) atoms. The minimum Gasteiger partial charge on any atom is -0.480 e. The number of amides is 3. The number of aryl methyl sites for hydroxylation is 1. The lowest BCUT2D eigenvalue weighted by Gasteiger charge is -2.03. The van der Waals surface area contributed by atoms with E-state index < -0.39 is 31.1 Å². The number of carbonyl (C=O) groups excluding carboxylic acids is 2. The molecular formula is C8H10N4O6. The Hall–Kier alpha value is -2.49. The van der Waals surface area contributed by atoms with E-state index in [2.05, 4.69) is 24.7 Å². The Bertz CT molecular complexity index is 456. The monoisotopic (exact) mass is 258 g/mol. The number of hydrogen-bond acceptors (Lipinski definition) is 7. The molecule has 0 aliphatic carbocycles. The van der Waals surface area contributed by atoms with Crippen molar-refractivity contribution in [2.75, 3.05) is 18.5 Å². The molecular weight excluding hydrogens is 248 g/mol. The number of rotatable bonds is 5. The Morgan fingerprint density at radius 1 is 1.39 bits per heavy atom. The number of carboxylic acid groups (broad SMARTS) is 1. The summed E-state index contributed by atoms with van der Waals surface area (Å²) < 4.78 is 9.04. The van der Waals surface area contributed by atoms with Gasteiger partial charge in [0.25, 0.3) is 5.91 Å². The van der Waals surface area contributed by atoms with Gasteiger partial charge in [-0.05, 0) is 6.92 Å². The fourth-order valence-electron chi connectivity index (χ4n) is 0.870. The second-order valence-electron chi connectivity index (χ2n) is 3.04. The number of anilines is 1. The van der Waals surface area contributed by atoms with E-state index in [9.17, 15) is 14.4 Å². The number of nitrogens with one attached hydrogen (secondary N) is 2. The van der Waals surface area contributed by atoms with E-state index in [1.165, 1.54) is 0 Å². The average Bonchev–Trinajstić information content (AvgIpc) is 2.62. The maximum Gasteiger partial charge on any atom is 0.329 e. The van der Waals surface area contributed by atoms with Gasteiger partial charge in [0, 0.05) is 0 Å². The highest BCUT2D eigenvalue weighted by atomic mass is 16.5. The van der Waals surface area contributed by atoms with Crippen LogP contribution in [0.4, 0.5) is 10.8 Å². The van der Waals surface area contributed by atoms with Crippen molar-refractivity contribution in [3.8, 4) is 0 Å². The van der Waals surface area contributed by atoms with Crippen molar-refractivity contribution >= 4 is 23.9 Å². The summed E-state index contributed by atoms with van der Waals surface area (Å²) in [5.74, 6) is -1.69. The van der Waals surface area contributed by atoms with Crippen LogP contribution in [0.1, 0.15) is 5.82 Å². The highest BCUT2D eigenvalue weighted by Gasteiger charge is 2.11. The molecule has 1 aromatic rings. The molecule has 0 bridgehead atoms. The van der Waals surface area contributed by atoms with Crippen molar-refractivity contribution in [3.05, 3.63) is 5.82 Å². The largest absolute Gasteiger partial charge is 0.480 e. The first-order chi connectivity index (χ1) is 8.47. The summed E-state index contributed by atoms with van der Waals surface area (Å²) in [6.07, 6.45) is 0. The van der Waals surface area contributed by atoms with Crippen LogP contribution in [0.15, 0.2) is 4.52 Å². The van der Waals surface area contributed by atoms with Crippen LogP contribution in [0.25, 0.3) is 0 Å². The van der Waals surface area contributed by atoms with Crippen molar-refractivity contribution in [1.29, 1.82) is 0 Å². The molecule has 3 N–H and O–H groups in total. The number of aromatic nitrogens is 2. The van der Waals surface area contributed by atoms with Crippen molar-refractivity contribution in [3.63, 3.8) is 0 Å². The molecule has 0 spiro atoms. The summed E-state index contributed by atoms with van der Waals surface area (Å²) >= 11 is 0. The quantitative estimate of drug-likeness (QED) is 0.618. The molecule has 3 amide bonds. The van der Waals surface area contributed by atoms with Crippen LogP contribution in [0.2, 0.25) is 0 Å². The van der Waals surface area contributed by atoms with Gasteiger partial charge < -0.3 is 14.4 Å². The number of ether oxygens (including phenoxy) is 1. The lowest BCUT2D eigenvalue weighted by Crippen LogP contribution is -2.37. The highest BCUT2D eigenvalue weighted by Crippen LogP contribution is 2.00. The number of carboxylic acids is 1. The number of nitrogens with zero attached hydrogens (tertiary/aromatic N) is 2. The van der Waals surface area contributed by atoms with E-state index in [0.717, 1.165) is 0 Å². The van der Waals surface area contributed by atoms with Gasteiger partial charge in [-0.1, -0.05) is 5.16 Å². The zero-order valence-electron chi connectivity index (χ0n) is 9.30. The zero-order chi connectivity index (χ0) is 13.5. The minimum absolute atomic E-state index is 0.163. The third kappa shape index (κ3) is 5.03. The van der Waals surface area contributed by atoms with Crippen molar-refractivity contribution in [2.24, 2.45) is 0 Å². The molecule has 1 heterocycles. The summed E-state index contributed by atoms with van der Waals surface area (Å²) in [5, 5.41) is 15.6. The minimum atomic E-state index is -1.21. The van der Waals surface area contributed by atoms with Gasteiger partial charge >= 0.3 is 18.0 Å². The van der Waals surface area contributed by atoms with Crippen LogP contribution < -0.4 is 10.6 Å². The second-order valence-corrected chi connectivity index (χ2v) is 3.04. The van der Waals surface area contributed by atoms with Crippen LogP contribution >= 0.6 is 0 Å². The van der Waals surface area contributed by atoms with Gasteiger partial charge in [0.1, 0.15) is 13.2 Å². The molecule has 0 fully saturated rings. The normalized spacial score (nSPS) is 9.83. The lowest BCUT2D eigenvalue weighted by molar-refractivity contribution is -0.143. The molecule has 0 unspecified atom stereocenters. The maximum atomic E-state index is 11.2. The Kier molecular flexibility index (Phi) is 4.75. The number of hydrogen-bond donors (Lipinski definition) is 3. The molecule has 10 nitrogen and oxygen atoms in total. The van der Waals surface area contributed by atoms with E-state index in [-0.39, 0.29) is 6.01 Å². The standard InChI is InChI=1S/C8H10N4O6/c1-4-9-8(18-12-4)11-7(16)10-5(13)2-17-3-6(14)15/h2-3H2,1H3,(H,14,15)(H2,9,10,11,12,13,16). The molecule has 0 atom stereocenters. The van der Waals surface area contributed by atoms with Gasteiger partial charge in [-0.15, -0.1) is 0 Å². The van der Waals surface area contributed by atoms with Crippen molar-refractivity contribution < 1.29 is 28.8 Å². The third-order valence-electron chi connectivity index (χ3n) is 1.46. The number of imide groups is 1. The van der Waals surface area contributed by atoms with E-state index in [0.29, 0.717) is 5.82 Å². The molecule has 0 aliphatic heterocycles. The molecule has 98 valence electrons. The second kappa shape index (κ2) is 6.30. The van der Waals surface area contributed by atoms with E-state index in [1.54, 1.807) is 6.92 Å². The molecule has 0 saturated heterocycles. The molecule has 10 heteroatoms. The maximum absolute atomic E-state index is 11.2. The first-order valence-electron chi connectivity index (χ1n) is 4.68. The van der Waals surface area contributed by atoms with Gasteiger partial charge in [0.2, 0.25) is 0 Å². The van der Waals surface area contributed by atoms with E-state index in [4.69, 9.17) is 5.11 Å². The van der Waals surface area contributed by atoms with E-state index >= 15 is 0 Å². The topological polar surface area (TPSA) is 144 Å². The van der Waals surface area contributed by atoms with Gasteiger partial charge in [-0.2, -0.15) is 4.98 Å². The van der Waals surface area contributed by atoms with Gasteiger partial charge in [-0.3, -0.25) is 15.4 Å². The Balaban J connectivity index is 2.27. The first kappa shape index (κ1) is 13.6. The first-order valence-corrected chi connectivity index (χ1v) is 4.68. The van der Waals surface area contributed by atoms with E-state index in [1.807, 2.05) is 5.32 Å². The molecule has 1 aromatic heterocycles. The predicted molar refractivity (Wildman–Crippen MR) is 54.7 cm³/mol. The fraction of sp³-hybridized carbons (Fsp3) is 0.375. The molecule has 1 rings (SSSR count). The smallest absolute Gasteiger partial charge is 0.329 e. The van der Waals surface area contributed by atoms with Crippen LogP contribution in [0, 0.1) is 6.92 Å². The van der Waals surface area contributed by atoms with Crippen LogP contribution in [-0.2, 0) is 14.3 Å². The summed E-state index contributed by atoms with van der Waals surface area (Å²) in [6.45, 7) is 0.373. The lowest BCUT2D eigenvalue weighted by atomic mass is 10.6. The SMILES string of the molecule is Cc1noc(NC(=O)NC(=O)COCC(=O)O)n1. The predicted octanol–water partition coefficient (Wildman–Crippen LogP) is -0.873. The summed E-state index contributed by atoms with van der Waals surface area (Å²) in [6, 6.07) is -1.05. The van der Waals surface area contributed by atoms with Crippen molar-refractivity contribution in [1.82, 2.24) is 15.5 Å². The van der Waals surface area contributed by atoms with Crippen LogP contribution in [0.3, 0.4) is 0 Å². The number of urea groups is 1. The summed E-state index contributed by atoms with van der Waals surface area (Å²) in [7, 11) is 0. The van der Waals surface area contributed by atoms with Gasteiger partial charge in [-0.25, -0.2) is 9.59 Å². The molecule has 0 saturated carbocycles. The van der Waals surface area contributed by atoms with Crippen LogP contribution in [0.5, 0.6) is 0 Å². The van der Waals surface area contributed by atoms with Gasteiger partial charge in [0.05, 0.1) is 0 Å². The fourth-order valence-corrected chi connectivity index (χ4v) is 0.870. The molecule has 0 aliphatic rings. The molecule has 0 aromatic carbocycles. The molecule has 0 radical (unpaired) electrons.